The van der Waals surface area contributed by atoms with E-state index in [4.69, 9.17) is 4.74 Å². The van der Waals surface area contributed by atoms with Crippen LogP contribution in [0.1, 0.15) is 28.2 Å². The lowest BCUT2D eigenvalue weighted by molar-refractivity contribution is 0.0890. The van der Waals surface area contributed by atoms with E-state index in [9.17, 15) is 9.18 Å². The first-order valence-electron chi connectivity index (χ1n) is 10.8. The number of anilines is 1. The first-order valence-corrected chi connectivity index (χ1v) is 11.7. The van der Waals surface area contributed by atoms with Crippen LogP contribution >= 0.6 is 11.3 Å². The smallest absolute Gasteiger partial charge is 0.251 e. The van der Waals surface area contributed by atoms with Crippen molar-refractivity contribution in [2.24, 2.45) is 0 Å². The molecule has 168 valence electrons. The molecule has 1 N–H and O–H groups in total. The van der Waals surface area contributed by atoms with E-state index in [1.54, 1.807) is 18.4 Å². The minimum atomic E-state index is -0.346. The van der Waals surface area contributed by atoms with Crippen LogP contribution in [0, 0.1) is 5.82 Å². The van der Waals surface area contributed by atoms with Crippen LogP contribution in [0.3, 0.4) is 0 Å². The first-order chi connectivity index (χ1) is 15.5. The lowest BCUT2D eigenvalue weighted by Crippen LogP contribution is -2.52. The van der Waals surface area contributed by atoms with Crippen LogP contribution in [0.4, 0.5) is 10.1 Å². The molecule has 0 saturated carbocycles. The summed E-state index contributed by atoms with van der Waals surface area (Å²) in [6.45, 7) is 5.65. The largest absolute Gasteiger partial charge is 0.497 e. The van der Waals surface area contributed by atoms with Crippen molar-refractivity contribution in [2.45, 2.75) is 19.0 Å². The Hall–Kier alpha value is -2.90. The van der Waals surface area contributed by atoms with Gasteiger partial charge in [0.15, 0.2) is 0 Å². The Morgan fingerprint density at radius 2 is 1.72 bits per heavy atom. The molecule has 32 heavy (non-hydrogen) atoms. The van der Waals surface area contributed by atoms with Gasteiger partial charge in [0.05, 0.1) is 13.2 Å². The third-order valence-corrected chi connectivity index (χ3v) is 6.86. The SMILES string of the molecule is COc1ccc(N2CCN([C@@H](c3cccs3)[C@@H](C)NC(=O)c3ccc(F)cc3)CC2)cc1. The number of carbonyl (C=O) groups excluding carboxylic acids is 1. The van der Waals surface area contributed by atoms with Gasteiger partial charge in [-0.1, -0.05) is 6.07 Å². The highest BCUT2D eigenvalue weighted by Crippen LogP contribution is 2.30. The summed E-state index contributed by atoms with van der Waals surface area (Å²) in [5, 5.41) is 5.21. The Kier molecular flexibility index (Phi) is 7.07. The van der Waals surface area contributed by atoms with Crippen molar-refractivity contribution in [3.8, 4) is 5.75 Å². The minimum Gasteiger partial charge on any atom is -0.497 e. The molecule has 0 bridgehead atoms. The fourth-order valence-electron chi connectivity index (χ4n) is 4.22. The van der Waals surface area contributed by atoms with Gasteiger partial charge >= 0.3 is 0 Å². The van der Waals surface area contributed by atoms with Crippen molar-refractivity contribution in [1.82, 2.24) is 10.2 Å². The van der Waals surface area contributed by atoms with Gasteiger partial charge in [0, 0.05) is 48.3 Å². The molecule has 5 nitrogen and oxygen atoms in total. The number of hydrogen-bond donors (Lipinski definition) is 1. The van der Waals surface area contributed by atoms with Gasteiger partial charge in [0.25, 0.3) is 5.91 Å². The highest BCUT2D eigenvalue weighted by molar-refractivity contribution is 7.10. The average molecular weight is 454 g/mol. The number of rotatable bonds is 7. The monoisotopic (exact) mass is 453 g/mol. The molecule has 0 radical (unpaired) electrons. The number of thiophene rings is 1. The number of halogens is 1. The summed E-state index contributed by atoms with van der Waals surface area (Å²) in [5.74, 6) is 0.326. The van der Waals surface area contributed by atoms with Gasteiger partial charge in [-0.25, -0.2) is 4.39 Å². The van der Waals surface area contributed by atoms with Gasteiger partial charge in [-0.15, -0.1) is 11.3 Å². The predicted octanol–water partition coefficient (Wildman–Crippen LogP) is 4.58. The van der Waals surface area contributed by atoms with Gasteiger partial charge < -0.3 is 15.0 Å². The first kappa shape index (κ1) is 22.3. The molecule has 1 aromatic heterocycles. The van der Waals surface area contributed by atoms with Crippen molar-refractivity contribution >= 4 is 22.9 Å². The summed E-state index contributed by atoms with van der Waals surface area (Å²) in [6.07, 6.45) is 0. The Bertz CT molecular complexity index is 1000. The van der Waals surface area contributed by atoms with E-state index in [-0.39, 0.29) is 23.8 Å². The second kappa shape index (κ2) is 10.1. The minimum absolute atomic E-state index is 0.0809. The van der Waals surface area contributed by atoms with Crippen molar-refractivity contribution in [3.63, 3.8) is 0 Å². The van der Waals surface area contributed by atoms with Crippen LogP contribution in [0.2, 0.25) is 0 Å². The molecule has 1 fully saturated rings. The van der Waals surface area contributed by atoms with Crippen LogP contribution in [0.5, 0.6) is 5.75 Å². The van der Waals surface area contributed by atoms with Crippen LogP contribution in [-0.2, 0) is 0 Å². The molecule has 1 amide bonds. The molecule has 2 atom stereocenters. The van der Waals surface area contributed by atoms with E-state index in [0.717, 1.165) is 31.9 Å². The fraction of sp³-hybridized carbons (Fsp3) is 0.320. The third-order valence-electron chi connectivity index (χ3n) is 5.92. The number of piperazine rings is 1. The van der Waals surface area contributed by atoms with Crippen LogP contribution < -0.4 is 15.0 Å². The second-order valence-corrected chi connectivity index (χ2v) is 8.93. The maximum Gasteiger partial charge on any atom is 0.251 e. The number of hydrogen-bond acceptors (Lipinski definition) is 5. The standard InChI is InChI=1S/C25H28FN3O2S/c1-18(27-25(30)19-5-7-20(26)8-6-19)24(23-4-3-17-32-23)29-15-13-28(14-16-29)21-9-11-22(31-2)12-10-21/h3-12,17-18,24H,13-16H2,1-2H3,(H,27,30)/t18-,24-/m1/s1. The topological polar surface area (TPSA) is 44.8 Å². The van der Waals surface area contributed by atoms with E-state index < -0.39 is 0 Å². The summed E-state index contributed by atoms with van der Waals surface area (Å²) in [4.78, 5) is 18.8. The summed E-state index contributed by atoms with van der Waals surface area (Å²) < 4.78 is 18.5. The number of amides is 1. The molecule has 3 aromatic rings. The maximum atomic E-state index is 13.2. The van der Waals surface area contributed by atoms with Crippen LogP contribution in [-0.4, -0.2) is 50.1 Å². The van der Waals surface area contributed by atoms with E-state index >= 15 is 0 Å². The van der Waals surface area contributed by atoms with Gasteiger partial charge in [-0.05, 0) is 66.9 Å². The average Bonchev–Trinajstić information content (AvgIpc) is 3.34. The van der Waals surface area contributed by atoms with Gasteiger partial charge in [0.1, 0.15) is 11.6 Å². The quantitative estimate of drug-likeness (QED) is 0.569. The molecule has 2 heterocycles. The number of carbonyl (C=O) groups is 1. The molecule has 2 aromatic carbocycles. The van der Waals surface area contributed by atoms with E-state index in [2.05, 4.69) is 44.8 Å². The number of nitrogens with zero attached hydrogens (tertiary/aromatic N) is 2. The summed E-state index contributed by atoms with van der Waals surface area (Å²) in [7, 11) is 1.68. The highest BCUT2D eigenvalue weighted by Gasteiger charge is 2.31. The molecule has 4 rings (SSSR count). The Balaban J connectivity index is 1.44. The molecule has 0 aliphatic carbocycles. The summed E-state index contributed by atoms with van der Waals surface area (Å²) in [6, 6.07) is 18.0. The predicted molar refractivity (Wildman–Crippen MR) is 127 cm³/mol. The zero-order valence-electron chi connectivity index (χ0n) is 18.3. The van der Waals surface area contributed by atoms with E-state index in [1.807, 2.05) is 19.1 Å². The van der Waals surface area contributed by atoms with Gasteiger partial charge in [-0.3, -0.25) is 9.69 Å². The molecule has 1 saturated heterocycles. The Labute approximate surface area is 192 Å². The van der Waals surface area contributed by atoms with E-state index in [0.29, 0.717) is 5.56 Å². The normalized spacial score (nSPS) is 16.4. The molecular formula is C25H28FN3O2S. The molecule has 1 aliphatic rings. The Morgan fingerprint density at radius 3 is 2.31 bits per heavy atom. The summed E-state index contributed by atoms with van der Waals surface area (Å²) in [5.41, 5.74) is 1.66. The molecular weight excluding hydrogens is 425 g/mol. The van der Waals surface area contributed by atoms with Crippen molar-refractivity contribution < 1.29 is 13.9 Å². The zero-order chi connectivity index (χ0) is 22.5. The van der Waals surface area contributed by atoms with E-state index in [1.165, 1.54) is 34.8 Å². The second-order valence-electron chi connectivity index (χ2n) is 7.95. The molecule has 1 aliphatic heterocycles. The number of ether oxygens (including phenoxy) is 1. The highest BCUT2D eigenvalue weighted by atomic mass is 32.1. The number of nitrogens with one attached hydrogen (secondary N) is 1. The van der Waals surface area contributed by atoms with Gasteiger partial charge in [-0.2, -0.15) is 0 Å². The van der Waals surface area contributed by atoms with Crippen LogP contribution in [0.15, 0.2) is 66.0 Å². The van der Waals surface area contributed by atoms with Crippen molar-refractivity contribution in [3.05, 3.63) is 82.3 Å². The van der Waals surface area contributed by atoms with Gasteiger partial charge in [0.2, 0.25) is 0 Å². The third kappa shape index (κ3) is 5.11. The van der Waals surface area contributed by atoms with Crippen LogP contribution in [0.25, 0.3) is 0 Å². The van der Waals surface area contributed by atoms with Crippen molar-refractivity contribution in [1.29, 1.82) is 0 Å². The molecule has 7 heteroatoms. The van der Waals surface area contributed by atoms with Crippen molar-refractivity contribution in [2.75, 3.05) is 38.2 Å². The maximum absolute atomic E-state index is 13.2. The Morgan fingerprint density at radius 1 is 1.03 bits per heavy atom. The lowest BCUT2D eigenvalue weighted by atomic mass is 10.0. The fourth-order valence-corrected chi connectivity index (χ4v) is 5.19. The molecule has 0 spiro atoms. The summed E-state index contributed by atoms with van der Waals surface area (Å²) >= 11 is 1.71. The number of benzene rings is 2. The molecule has 0 unspecified atom stereocenters. The lowest BCUT2D eigenvalue weighted by Gasteiger charge is -2.42. The number of methoxy groups -OCH3 is 1. The zero-order valence-corrected chi connectivity index (χ0v) is 19.1.